The lowest BCUT2D eigenvalue weighted by Gasteiger charge is -2.24. The Hall–Kier alpha value is -1.84. The maximum Gasteiger partial charge on any atom is 0.227 e. The first kappa shape index (κ1) is 16.5. The molecule has 22 heavy (non-hydrogen) atoms. The molecule has 4 heteroatoms. The molecule has 1 unspecified atom stereocenters. The Bertz CT molecular complexity index is 524. The number of hydrogen-bond donors (Lipinski definition) is 2. The fraction of sp³-hybridized carbons (Fsp3) is 0.556. The fourth-order valence-corrected chi connectivity index (χ4v) is 2.60. The van der Waals surface area contributed by atoms with Crippen molar-refractivity contribution >= 4 is 17.5 Å². The minimum absolute atomic E-state index is 0.0477. The van der Waals surface area contributed by atoms with Gasteiger partial charge in [0.25, 0.3) is 0 Å². The molecule has 0 aromatic heterocycles. The van der Waals surface area contributed by atoms with E-state index < -0.39 is 0 Å². The van der Waals surface area contributed by atoms with Crippen LogP contribution in [0.15, 0.2) is 24.3 Å². The number of nitrogens with one attached hydrogen (secondary N) is 2. The second-order valence-electron chi connectivity index (χ2n) is 6.22. The van der Waals surface area contributed by atoms with Crippen LogP contribution in [-0.2, 0) is 16.1 Å². The summed E-state index contributed by atoms with van der Waals surface area (Å²) >= 11 is 0. The zero-order valence-corrected chi connectivity index (χ0v) is 13.5. The van der Waals surface area contributed by atoms with E-state index in [2.05, 4.69) is 17.6 Å². The van der Waals surface area contributed by atoms with Crippen LogP contribution in [0.5, 0.6) is 0 Å². The van der Waals surface area contributed by atoms with E-state index in [-0.39, 0.29) is 23.7 Å². The molecule has 2 N–H and O–H groups in total. The van der Waals surface area contributed by atoms with Gasteiger partial charge in [-0.05, 0) is 37.0 Å². The third kappa shape index (κ3) is 4.58. The van der Waals surface area contributed by atoms with E-state index in [9.17, 15) is 9.59 Å². The van der Waals surface area contributed by atoms with Crippen LogP contribution in [0.1, 0.15) is 51.5 Å². The second kappa shape index (κ2) is 7.97. The minimum atomic E-state index is 0.0477. The second-order valence-corrected chi connectivity index (χ2v) is 6.22. The third-order valence-electron chi connectivity index (χ3n) is 4.31. The highest BCUT2D eigenvalue weighted by Gasteiger charge is 2.25. The summed E-state index contributed by atoms with van der Waals surface area (Å²) in [7, 11) is 0. The van der Waals surface area contributed by atoms with Gasteiger partial charge in [0.15, 0.2) is 0 Å². The Morgan fingerprint density at radius 3 is 2.73 bits per heavy atom. The number of hydrogen-bond acceptors (Lipinski definition) is 2. The quantitative estimate of drug-likeness (QED) is 0.810. The number of anilines is 1. The summed E-state index contributed by atoms with van der Waals surface area (Å²) in [6, 6.07) is 7.69. The molecule has 0 heterocycles. The summed E-state index contributed by atoms with van der Waals surface area (Å²) in [6.45, 7) is 4.53. The maximum absolute atomic E-state index is 12.0. The number of rotatable bonds is 7. The first-order chi connectivity index (χ1) is 10.6. The van der Waals surface area contributed by atoms with Gasteiger partial charge in [0, 0.05) is 24.1 Å². The van der Waals surface area contributed by atoms with Crippen LogP contribution < -0.4 is 10.6 Å². The molecule has 1 fully saturated rings. The molecule has 0 radical (unpaired) electrons. The SMILES string of the molecule is CCCC(C)C(=O)NCc1cccc(NC(=O)C2CCC2)c1. The van der Waals surface area contributed by atoms with Crippen molar-refractivity contribution in [2.24, 2.45) is 11.8 Å². The molecule has 120 valence electrons. The predicted molar refractivity (Wildman–Crippen MR) is 88.3 cm³/mol. The van der Waals surface area contributed by atoms with Crippen molar-refractivity contribution < 1.29 is 9.59 Å². The van der Waals surface area contributed by atoms with Crippen LogP contribution in [0, 0.1) is 11.8 Å². The summed E-state index contributed by atoms with van der Waals surface area (Å²) in [6.07, 6.45) is 5.06. The molecule has 2 rings (SSSR count). The smallest absolute Gasteiger partial charge is 0.227 e. The molecule has 0 spiro atoms. The maximum atomic E-state index is 12.0. The largest absolute Gasteiger partial charge is 0.352 e. The first-order valence-electron chi connectivity index (χ1n) is 8.27. The molecule has 0 aliphatic heterocycles. The van der Waals surface area contributed by atoms with Crippen LogP contribution in [-0.4, -0.2) is 11.8 Å². The molecule has 0 saturated heterocycles. The van der Waals surface area contributed by atoms with Crippen LogP contribution in [0.2, 0.25) is 0 Å². The lowest BCUT2D eigenvalue weighted by atomic mass is 9.85. The van der Waals surface area contributed by atoms with Gasteiger partial charge in [-0.1, -0.05) is 38.8 Å². The molecule has 1 aromatic carbocycles. The van der Waals surface area contributed by atoms with E-state index in [1.807, 2.05) is 31.2 Å². The molecule has 0 bridgehead atoms. The van der Waals surface area contributed by atoms with E-state index in [1.165, 1.54) is 0 Å². The fourth-order valence-electron chi connectivity index (χ4n) is 2.60. The van der Waals surface area contributed by atoms with Crippen molar-refractivity contribution in [1.29, 1.82) is 0 Å². The van der Waals surface area contributed by atoms with Gasteiger partial charge >= 0.3 is 0 Å². The minimum Gasteiger partial charge on any atom is -0.352 e. The van der Waals surface area contributed by atoms with Gasteiger partial charge < -0.3 is 10.6 Å². The first-order valence-corrected chi connectivity index (χ1v) is 8.27. The molecule has 1 saturated carbocycles. The van der Waals surface area contributed by atoms with E-state index in [4.69, 9.17) is 0 Å². The normalized spacial score (nSPS) is 15.7. The third-order valence-corrected chi connectivity index (χ3v) is 4.31. The Balaban J connectivity index is 1.85. The van der Waals surface area contributed by atoms with Crippen molar-refractivity contribution in [2.75, 3.05) is 5.32 Å². The predicted octanol–water partition coefficient (Wildman–Crippen LogP) is 3.48. The van der Waals surface area contributed by atoms with Gasteiger partial charge in [0.2, 0.25) is 11.8 Å². The number of carbonyl (C=O) groups is 2. The molecule has 1 aliphatic rings. The average molecular weight is 302 g/mol. The molecular weight excluding hydrogens is 276 g/mol. The Morgan fingerprint density at radius 1 is 1.32 bits per heavy atom. The van der Waals surface area contributed by atoms with E-state index in [0.717, 1.165) is 43.4 Å². The van der Waals surface area contributed by atoms with Crippen LogP contribution in [0.3, 0.4) is 0 Å². The zero-order chi connectivity index (χ0) is 15.9. The average Bonchev–Trinajstić information content (AvgIpc) is 2.43. The number of carbonyl (C=O) groups excluding carboxylic acids is 2. The number of benzene rings is 1. The zero-order valence-electron chi connectivity index (χ0n) is 13.5. The summed E-state index contributed by atoms with van der Waals surface area (Å²) in [5.74, 6) is 0.430. The summed E-state index contributed by atoms with van der Waals surface area (Å²) in [4.78, 5) is 23.9. The highest BCUT2D eigenvalue weighted by atomic mass is 16.2. The van der Waals surface area contributed by atoms with Crippen LogP contribution >= 0.6 is 0 Å². The van der Waals surface area contributed by atoms with E-state index in [1.54, 1.807) is 0 Å². The van der Waals surface area contributed by atoms with Crippen molar-refractivity contribution in [3.8, 4) is 0 Å². The van der Waals surface area contributed by atoms with Gasteiger partial charge in [-0.15, -0.1) is 0 Å². The molecule has 2 amide bonds. The van der Waals surface area contributed by atoms with Gasteiger partial charge in [-0.2, -0.15) is 0 Å². The van der Waals surface area contributed by atoms with Gasteiger partial charge in [0.05, 0.1) is 0 Å². The Morgan fingerprint density at radius 2 is 2.09 bits per heavy atom. The lowest BCUT2D eigenvalue weighted by molar-refractivity contribution is -0.125. The highest BCUT2D eigenvalue weighted by molar-refractivity contribution is 5.93. The Kier molecular flexibility index (Phi) is 5.99. The molecule has 1 aromatic rings. The van der Waals surface area contributed by atoms with E-state index >= 15 is 0 Å². The van der Waals surface area contributed by atoms with Crippen LogP contribution in [0.4, 0.5) is 5.69 Å². The van der Waals surface area contributed by atoms with Gasteiger partial charge in [-0.3, -0.25) is 9.59 Å². The standard InChI is InChI=1S/C18H26N2O2/c1-3-6-13(2)17(21)19-12-14-7-4-10-16(11-14)20-18(22)15-8-5-9-15/h4,7,10-11,13,15H,3,5-6,8-9,12H2,1-2H3,(H,19,21)(H,20,22). The molecule has 4 nitrogen and oxygen atoms in total. The molecular formula is C18H26N2O2. The van der Waals surface area contributed by atoms with Crippen molar-refractivity contribution in [3.05, 3.63) is 29.8 Å². The summed E-state index contributed by atoms with van der Waals surface area (Å²) < 4.78 is 0. The summed E-state index contributed by atoms with van der Waals surface area (Å²) in [5, 5.41) is 5.92. The van der Waals surface area contributed by atoms with Gasteiger partial charge in [-0.25, -0.2) is 0 Å². The van der Waals surface area contributed by atoms with Gasteiger partial charge in [0.1, 0.15) is 0 Å². The molecule has 1 aliphatic carbocycles. The number of amides is 2. The topological polar surface area (TPSA) is 58.2 Å². The summed E-state index contributed by atoms with van der Waals surface area (Å²) in [5.41, 5.74) is 1.81. The highest BCUT2D eigenvalue weighted by Crippen LogP contribution is 2.27. The van der Waals surface area contributed by atoms with Crippen molar-refractivity contribution in [2.45, 2.75) is 52.5 Å². The van der Waals surface area contributed by atoms with E-state index in [0.29, 0.717) is 6.54 Å². The van der Waals surface area contributed by atoms with Crippen molar-refractivity contribution in [1.82, 2.24) is 5.32 Å². The molecule has 1 atom stereocenters. The van der Waals surface area contributed by atoms with Crippen LogP contribution in [0.25, 0.3) is 0 Å². The van der Waals surface area contributed by atoms with Crippen molar-refractivity contribution in [3.63, 3.8) is 0 Å². The lowest BCUT2D eigenvalue weighted by Crippen LogP contribution is -2.29. The Labute approximate surface area is 132 Å². The monoisotopic (exact) mass is 302 g/mol.